The molecular formula is C28H45N3O3. The van der Waals surface area contributed by atoms with Gasteiger partial charge in [-0.15, -0.1) is 0 Å². The molecule has 1 heterocycles. The molecule has 0 radical (unpaired) electrons. The molecule has 0 aromatic heterocycles. The summed E-state index contributed by atoms with van der Waals surface area (Å²) >= 11 is 0. The molecule has 6 nitrogen and oxygen atoms in total. The van der Waals surface area contributed by atoms with Crippen molar-refractivity contribution >= 4 is 17.6 Å². The third-order valence-electron chi connectivity index (χ3n) is 11.2. The maximum atomic E-state index is 12.3. The summed E-state index contributed by atoms with van der Waals surface area (Å²) in [6.07, 6.45) is 13.2. The number of Topliss-reactive ketones (excluding diaryl/α,β-unsaturated/α-hetero) is 1. The number of hydrogen-bond acceptors (Lipinski definition) is 5. The minimum atomic E-state index is -0.437. The molecule has 1 aliphatic heterocycles. The highest BCUT2D eigenvalue weighted by molar-refractivity contribution is 5.85. The van der Waals surface area contributed by atoms with Crippen LogP contribution in [0.1, 0.15) is 97.8 Å². The topological polar surface area (TPSA) is 79.8 Å². The quantitative estimate of drug-likeness (QED) is 0.324. The van der Waals surface area contributed by atoms with Crippen molar-refractivity contribution < 1.29 is 14.4 Å². The van der Waals surface area contributed by atoms with E-state index in [2.05, 4.69) is 36.6 Å². The van der Waals surface area contributed by atoms with Gasteiger partial charge in [-0.05, 0) is 106 Å². The molecule has 0 aromatic carbocycles. The number of nitrogens with zero attached hydrogens (tertiary/aromatic N) is 1. The Morgan fingerprint density at radius 3 is 2.68 bits per heavy atom. The summed E-state index contributed by atoms with van der Waals surface area (Å²) < 4.78 is 0. The molecule has 6 heteroatoms. The first-order valence-electron chi connectivity index (χ1n) is 14.1. The molecule has 8 atom stereocenters. The fourth-order valence-corrected chi connectivity index (χ4v) is 9.25. The van der Waals surface area contributed by atoms with Crippen molar-refractivity contribution in [3.63, 3.8) is 0 Å². The van der Waals surface area contributed by atoms with Crippen molar-refractivity contribution in [1.82, 2.24) is 10.6 Å². The number of amides is 1. The van der Waals surface area contributed by atoms with E-state index >= 15 is 0 Å². The molecule has 5 fully saturated rings. The van der Waals surface area contributed by atoms with Crippen LogP contribution in [-0.4, -0.2) is 36.7 Å². The number of rotatable bonds is 4. The Morgan fingerprint density at radius 1 is 1.06 bits per heavy atom. The van der Waals surface area contributed by atoms with Crippen molar-refractivity contribution in [2.45, 2.75) is 104 Å². The van der Waals surface area contributed by atoms with Crippen LogP contribution in [0, 0.1) is 40.4 Å². The predicted octanol–water partition coefficient (Wildman–Crippen LogP) is 5.46. The molecule has 5 rings (SSSR count). The fraction of sp³-hybridized carbons (Fsp3) is 0.893. The van der Waals surface area contributed by atoms with Crippen molar-refractivity contribution in [1.29, 1.82) is 0 Å². The molecule has 2 N–H and O–H groups in total. The summed E-state index contributed by atoms with van der Waals surface area (Å²) in [6, 6.07) is 0.343. The van der Waals surface area contributed by atoms with Gasteiger partial charge in [-0.1, -0.05) is 25.4 Å². The second-order valence-corrected chi connectivity index (χ2v) is 12.7. The van der Waals surface area contributed by atoms with Crippen LogP contribution in [0.5, 0.6) is 0 Å². The molecule has 4 aliphatic carbocycles. The van der Waals surface area contributed by atoms with E-state index in [-0.39, 0.29) is 5.41 Å². The zero-order chi connectivity index (χ0) is 23.9. The van der Waals surface area contributed by atoms with Gasteiger partial charge in [0.25, 0.3) is 0 Å². The van der Waals surface area contributed by atoms with Crippen LogP contribution >= 0.6 is 0 Å². The largest absolute Gasteiger partial charge is 0.433 e. The zero-order valence-electron chi connectivity index (χ0n) is 21.5. The zero-order valence-corrected chi connectivity index (χ0v) is 21.5. The molecule has 1 saturated heterocycles. The second kappa shape index (κ2) is 9.55. The normalized spacial score (nSPS) is 44.6. The van der Waals surface area contributed by atoms with Crippen LogP contribution in [0.15, 0.2) is 5.16 Å². The van der Waals surface area contributed by atoms with E-state index in [4.69, 9.17) is 4.84 Å². The number of piperidine rings is 1. The summed E-state index contributed by atoms with van der Waals surface area (Å²) in [7, 11) is 0. The van der Waals surface area contributed by atoms with E-state index in [1.54, 1.807) is 0 Å². The van der Waals surface area contributed by atoms with Gasteiger partial charge < -0.3 is 10.6 Å². The lowest BCUT2D eigenvalue weighted by atomic mass is 9.44. The highest BCUT2D eigenvalue weighted by atomic mass is 16.7. The van der Waals surface area contributed by atoms with E-state index in [0.29, 0.717) is 35.6 Å². The number of oxime groups is 1. The minimum Gasteiger partial charge on any atom is -0.318 e. The monoisotopic (exact) mass is 471 g/mol. The van der Waals surface area contributed by atoms with Crippen LogP contribution in [0.25, 0.3) is 0 Å². The third-order valence-corrected chi connectivity index (χ3v) is 11.2. The second-order valence-electron chi connectivity index (χ2n) is 12.7. The summed E-state index contributed by atoms with van der Waals surface area (Å²) in [5.74, 6) is 3.76. The fourth-order valence-electron chi connectivity index (χ4n) is 9.25. The van der Waals surface area contributed by atoms with E-state index in [0.717, 1.165) is 62.1 Å². The minimum absolute atomic E-state index is 0.244. The Hall–Kier alpha value is -1.43. The lowest BCUT2D eigenvalue weighted by Gasteiger charge is -2.60. The average Bonchev–Trinajstić information content (AvgIpc) is 3.19. The number of carbonyl (C=O) groups is 2. The maximum absolute atomic E-state index is 12.3. The molecule has 5 aliphatic rings. The summed E-state index contributed by atoms with van der Waals surface area (Å²) in [4.78, 5) is 29.7. The average molecular weight is 472 g/mol. The van der Waals surface area contributed by atoms with Crippen LogP contribution in [0.2, 0.25) is 0 Å². The standard InChI is InChI=1S/C28H45N3O3/c1-18(31-34-26(33)30-17-20-6-4-5-15-29-20)23-9-10-24-22-8-7-19-16-21(32)11-13-27(19,2)25(22)12-14-28(23,24)3/h19-20,22-25,29H,4-17H2,1-3H3,(H,30,33)/b31-18+/t19-,20?,22+,23-,24+,25+,27+,28-/m1/s1. The Labute approximate surface area is 205 Å². The van der Waals surface area contributed by atoms with Gasteiger partial charge in [-0.3, -0.25) is 9.63 Å². The number of ketones is 1. The molecule has 34 heavy (non-hydrogen) atoms. The van der Waals surface area contributed by atoms with Gasteiger partial charge in [-0.2, -0.15) is 0 Å². The van der Waals surface area contributed by atoms with E-state index in [1.165, 1.54) is 44.9 Å². The van der Waals surface area contributed by atoms with Gasteiger partial charge >= 0.3 is 6.09 Å². The van der Waals surface area contributed by atoms with Crippen molar-refractivity contribution in [3.8, 4) is 0 Å². The predicted molar refractivity (Wildman–Crippen MR) is 133 cm³/mol. The van der Waals surface area contributed by atoms with Gasteiger partial charge in [0.15, 0.2) is 0 Å². The van der Waals surface area contributed by atoms with Crippen LogP contribution in [0.4, 0.5) is 4.79 Å². The number of fused-ring (bicyclic) bond motifs is 5. The molecule has 0 spiro atoms. The Kier molecular flexibility index (Phi) is 6.82. The van der Waals surface area contributed by atoms with E-state index in [9.17, 15) is 9.59 Å². The Balaban J connectivity index is 1.21. The van der Waals surface area contributed by atoms with Gasteiger partial charge in [0.1, 0.15) is 5.78 Å². The molecular weight excluding hydrogens is 426 g/mol. The lowest BCUT2D eigenvalue weighted by molar-refractivity contribution is -0.138. The van der Waals surface area contributed by atoms with E-state index < -0.39 is 6.09 Å². The highest BCUT2D eigenvalue weighted by Crippen LogP contribution is 2.67. The SMILES string of the molecule is C/C(=N\OC(=O)NCC1CCCCN1)[C@H]1CC[C@H]2[C@@H]3CC[C@@H]4CC(=O)CC[C@]4(C)[C@H]3CC[C@]12C. The maximum Gasteiger partial charge on any atom is 0.433 e. The molecule has 4 saturated carbocycles. The van der Waals surface area contributed by atoms with Gasteiger partial charge in [-0.25, -0.2) is 4.79 Å². The third kappa shape index (κ3) is 4.33. The molecule has 190 valence electrons. The molecule has 0 bridgehead atoms. The van der Waals surface area contributed by atoms with Crippen LogP contribution < -0.4 is 10.6 Å². The Morgan fingerprint density at radius 2 is 1.88 bits per heavy atom. The lowest BCUT2D eigenvalue weighted by Crippen LogP contribution is -2.53. The van der Waals surface area contributed by atoms with Gasteiger partial charge in [0.2, 0.25) is 0 Å². The van der Waals surface area contributed by atoms with Crippen molar-refractivity contribution in [2.24, 2.45) is 45.6 Å². The first-order valence-corrected chi connectivity index (χ1v) is 14.1. The van der Waals surface area contributed by atoms with Crippen LogP contribution in [0.3, 0.4) is 0 Å². The van der Waals surface area contributed by atoms with Crippen LogP contribution in [-0.2, 0) is 9.63 Å². The molecule has 1 unspecified atom stereocenters. The number of hydrogen-bond donors (Lipinski definition) is 2. The van der Waals surface area contributed by atoms with Gasteiger partial charge in [0.05, 0.1) is 5.71 Å². The highest BCUT2D eigenvalue weighted by Gasteiger charge is 2.60. The first-order chi connectivity index (χ1) is 16.3. The summed E-state index contributed by atoms with van der Waals surface area (Å²) in [6.45, 7) is 8.69. The van der Waals surface area contributed by atoms with Crippen molar-refractivity contribution in [2.75, 3.05) is 13.1 Å². The van der Waals surface area contributed by atoms with Gasteiger partial charge in [0, 0.05) is 31.3 Å². The number of carbonyl (C=O) groups excluding carboxylic acids is 2. The first kappa shape index (κ1) is 24.3. The Bertz CT molecular complexity index is 822. The summed E-state index contributed by atoms with van der Waals surface area (Å²) in [5.41, 5.74) is 1.58. The molecule has 0 aromatic rings. The van der Waals surface area contributed by atoms with E-state index in [1.807, 2.05) is 0 Å². The summed E-state index contributed by atoms with van der Waals surface area (Å²) in [5, 5.41) is 10.7. The number of nitrogens with one attached hydrogen (secondary N) is 2. The molecule has 1 amide bonds. The van der Waals surface area contributed by atoms with Crippen molar-refractivity contribution in [3.05, 3.63) is 0 Å². The smallest absolute Gasteiger partial charge is 0.318 e.